The third kappa shape index (κ3) is 5.86. The number of nitrogens with zero attached hydrogens (tertiary/aromatic N) is 2. The molecule has 6 nitrogen and oxygen atoms in total. The van der Waals surface area contributed by atoms with Crippen molar-refractivity contribution >= 4 is 11.9 Å². The van der Waals surface area contributed by atoms with Crippen LogP contribution >= 0.6 is 0 Å². The highest BCUT2D eigenvalue weighted by molar-refractivity contribution is 5.84. The van der Waals surface area contributed by atoms with Gasteiger partial charge in [0, 0.05) is 13.6 Å². The van der Waals surface area contributed by atoms with Crippen molar-refractivity contribution < 1.29 is 19.1 Å². The third-order valence-corrected chi connectivity index (χ3v) is 3.91. The minimum Gasteiger partial charge on any atom is -0.479 e. The van der Waals surface area contributed by atoms with Crippen LogP contribution in [0.4, 0.5) is 0 Å². The molecule has 0 aliphatic carbocycles. The first-order valence-corrected chi connectivity index (χ1v) is 8.57. The van der Waals surface area contributed by atoms with Gasteiger partial charge in [-0.15, -0.1) is 0 Å². The number of hydrogen-bond acceptors (Lipinski definition) is 5. The number of benzene rings is 2. The smallest absolute Gasteiger partial charge is 0.347 e. The first-order valence-electron chi connectivity index (χ1n) is 8.57. The van der Waals surface area contributed by atoms with Crippen molar-refractivity contribution in [1.29, 1.82) is 5.26 Å². The Balaban J connectivity index is 1.87. The quantitative estimate of drug-likeness (QED) is 0.704. The first-order chi connectivity index (χ1) is 12.9. The molecular formula is C21H22N2O4. The monoisotopic (exact) mass is 366 g/mol. The molecule has 0 spiro atoms. The highest BCUT2D eigenvalue weighted by atomic mass is 16.6. The molecular weight excluding hydrogens is 344 g/mol. The molecule has 0 radical (unpaired) electrons. The van der Waals surface area contributed by atoms with E-state index in [9.17, 15) is 9.59 Å². The van der Waals surface area contributed by atoms with Gasteiger partial charge in [-0.05, 0) is 43.7 Å². The average molecular weight is 366 g/mol. The maximum absolute atomic E-state index is 12.4. The fourth-order valence-electron chi connectivity index (χ4n) is 2.43. The molecule has 0 fully saturated rings. The van der Waals surface area contributed by atoms with Crippen molar-refractivity contribution in [2.45, 2.75) is 32.6 Å². The average Bonchev–Trinajstić information content (AvgIpc) is 2.68. The van der Waals surface area contributed by atoms with Crippen LogP contribution < -0.4 is 4.74 Å². The van der Waals surface area contributed by atoms with Gasteiger partial charge in [0.2, 0.25) is 0 Å². The second kappa shape index (κ2) is 9.39. The topological polar surface area (TPSA) is 79.6 Å². The zero-order chi connectivity index (χ0) is 19.8. The Bertz CT molecular complexity index is 812. The van der Waals surface area contributed by atoms with E-state index in [1.165, 1.54) is 11.8 Å². The van der Waals surface area contributed by atoms with Gasteiger partial charge in [-0.25, -0.2) is 4.79 Å². The van der Waals surface area contributed by atoms with Crippen molar-refractivity contribution in [3.05, 3.63) is 65.7 Å². The van der Waals surface area contributed by atoms with Crippen molar-refractivity contribution in [3.63, 3.8) is 0 Å². The van der Waals surface area contributed by atoms with Gasteiger partial charge in [-0.2, -0.15) is 5.26 Å². The zero-order valence-electron chi connectivity index (χ0n) is 15.6. The lowest BCUT2D eigenvalue weighted by Gasteiger charge is -2.23. The highest BCUT2D eigenvalue weighted by Crippen LogP contribution is 2.14. The summed E-state index contributed by atoms with van der Waals surface area (Å²) in [6, 6.07) is 18.0. The Labute approximate surface area is 158 Å². The Morgan fingerprint density at radius 2 is 1.67 bits per heavy atom. The predicted octanol–water partition coefficient (Wildman–Crippen LogP) is 2.92. The number of likely N-dealkylation sites (N-methyl/N-ethyl adjacent to an activating group) is 1. The van der Waals surface area contributed by atoms with Gasteiger partial charge >= 0.3 is 5.97 Å². The molecule has 0 aliphatic heterocycles. The zero-order valence-corrected chi connectivity index (χ0v) is 15.6. The fourth-order valence-corrected chi connectivity index (χ4v) is 2.43. The molecule has 0 aromatic heterocycles. The van der Waals surface area contributed by atoms with E-state index in [1.807, 2.05) is 36.4 Å². The van der Waals surface area contributed by atoms with E-state index in [0.29, 0.717) is 17.9 Å². The molecule has 2 atom stereocenters. The maximum Gasteiger partial charge on any atom is 0.347 e. The molecule has 2 rings (SSSR count). The van der Waals surface area contributed by atoms with E-state index in [0.717, 1.165) is 5.56 Å². The van der Waals surface area contributed by atoms with Gasteiger partial charge in [0.1, 0.15) is 5.75 Å². The predicted molar refractivity (Wildman–Crippen MR) is 99.7 cm³/mol. The molecule has 0 saturated carbocycles. The van der Waals surface area contributed by atoms with Gasteiger partial charge in [-0.1, -0.05) is 30.3 Å². The molecule has 0 N–H and O–H groups in total. The summed E-state index contributed by atoms with van der Waals surface area (Å²) in [7, 11) is 1.66. The lowest BCUT2D eigenvalue weighted by Crippen LogP contribution is -2.39. The van der Waals surface area contributed by atoms with Crippen LogP contribution in [-0.4, -0.2) is 36.0 Å². The minimum absolute atomic E-state index is 0.294. The van der Waals surface area contributed by atoms with Crippen LogP contribution in [0.5, 0.6) is 5.75 Å². The molecule has 140 valence electrons. The maximum atomic E-state index is 12.4. The molecule has 2 aromatic carbocycles. The molecule has 0 saturated heterocycles. The Morgan fingerprint density at radius 1 is 1.04 bits per heavy atom. The van der Waals surface area contributed by atoms with Crippen molar-refractivity contribution in [3.8, 4) is 11.8 Å². The number of nitriles is 1. The summed E-state index contributed by atoms with van der Waals surface area (Å²) in [4.78, 5) is 26.1. The summed E-state index contributed by atoms with van der Waals surface area (Å²) < 4.78 is 10.7. The number of rotatable bonds is 7. The van der Waals surface area contributed by atoms with Crippen molar-refractivity contribution in [2.75, 3.05) is 7.05 Å². The van der Waals surface area contributed by atoms with Gasteiger partial charge < -0.3 is 14.4 Å². The molecule has 0 heterocycles. The normalized spacial score (nSPS) is 12.4. The van der Waals surface area contributed by atoms with E-state index in [4.69, 9.17) is 14.7 Å². The van der Waals surface area contributed by atoms with E-state index in [-0.39, 0.29) is 5.91 Å². The summed E-state index contributed by atoms with van der Waals surface area (Å²) in [6.07, 6.45) is -1.80. The van der Waals surface area contributed by atoms with Crippen LogP contribution in [0.3, 0.4) is 0 Å². The van der Waals surface area contributed by atoms with Crippen LogP contribution in [0, 0.1) is 11.3 Å². The Morgan fingerprint density at radius 3 is 2.26 bits per heavy atom. The van der Waals surface area contributed by atoms with Gasteiger partial charge in [0.25, 0.3) is 5.91 Å². The van der Waals surface area contributed by atoms with Crippen molar-refractivity contribution in [1.82, 2.24) is 4.90 Å². The fraction of sp³-hybridized carbons (Fsp3) is 0.286. The highest BCUT2D eigenvalue weighted by Gasteiger charge is 2.25. The van der Waals surface area contributed by atoms with Gasteiger partial charge in [-0.3, -0.25) is 4.79 Å². The molecule has 2 aromatic rings. The molecule has 0 unspecified atom stereocenters. The number of amides is 1. The largest absolute Gasteiger partial charge is 0.479 e. The standard InChI is InChI=1S/C21H22N2O4/c1-15(20(24)23(3)14-18-7-5-4-6-8-18)27-21(25)16(2)26-19-11-9-17(13-22)10-12-19/h4-12,15-16H,14H2,1-3H3/t15-,16-/m1/s1. The molecule has 27 heavy (non-hydrogen) atoms. The van der Waals surface area contributed by atoms with Gasteiger partial charge in [0.15, 0.2) is 12.2 Å². The number of carbonyl (C=O) groups excluding carboxylic acids is 2. The summed E-state index contributed by atoms with van der Waals surface area (Å²) >= 11 is 0. The number of ether oxygens (including phenoxy) is 2. The van der Waals surface area contributed by atoms with Crippen LogP contribution in [0.1, 0.15) is 25.0 Å². The molecule has 6 heteroatoms. The Kier molecular flexibility index (Phi) is 6.95. The summed E-state index contributed by atoms with van der Waals surface area (Å²) in [6.45, 7) is 3.51. The minimum atomic E-state index is -0.918. The number of hydrogen-bond donors (Lipinski definition) is 0. The summed E-state index contributed by atoms with van der Waals surface area (Å²) in [5.74, 6) is -0.482. The first kappa shape index (κ1) is 20.0. The van der Waals surface area contributed by atoms with Crippen LogP contribution in [-0.2, 0) is 20.9 Å². The molecule has 1 amide bonds. The Hall–Kier alpha value is -3.33. The summed E-state index contributed by atoms with van der Waals surface area (Å²) in [5.41, 5.74) is 1.49. The lowest BCUT2D eigenvalue weighted by molar-refractivity contribution is -0.164. The van der Waals surface area contributed by atoms with E-state index in [1.54, 1.807) is 38.2 Å². The van der Waals surface area contributed by atoms with Gasteiger partial charge in [0.05, 0.1) is 11.6 Å². The number of carbonyl (C=O) groups is 2. The van der Waals surface area contributed by atoms with E-state index < -0.39 is 18.2 Å². The van der Waals surface area contributed by atoms with Crippen molar-refractivity contribution in [2.24, 2.45) is 0 Å². The third-order valence-electron chi connectivity index (χ3n) is 3.91. The van der Waals surface area contributed by atoms with Crippen LogP contribution in [0.25, 0.3) is 0 Å². The van der Waals surface area contributed by atoms with E-state index >= 15 is 0 Å². The molecule has 0 aliphatic rings. The second-order valence-electron chi connectivity index (χ2n) is 6.16. The van der Waals surface area contributed by atoms with Crippen LogP contribution in [0.15, 0.2) is 54.6 Å². The number of esters is 1. The summed E-state index contributed by atoms with van der Waals surface area (Å²) in [5, 5.41) is 8.79. The SMILES string of the molecule is C[C@@H](Oc1ccc(C#N)cc1)C(=O)O[C@H](C)C(=O)N(C)Cc1ccccc1. The van der Waals surface area contributed by atoms with Crippen LogP contribution in [0.2, 0.25) is 0 Å². The van der Waals surface area contributed by atoms with E-state index in [2.05, 4.69) is 0 Å². The molecule has 0 bridgehead atoms. The lowest BCUT2D eigenvalue weighted by atomic mass is 10.2. The second-order valence-corrected chi connectivity index (χ2v) is 6.16.